The van der Waals surface area contributed by atoms with Crippen LogP contribution in [0.2, 0.25) is 5.15 Å². The first-order valence-corrected chi connectivity index (χ1v) is 6.85. The van der Waals surface area contributed by atoms with Gasteiger partial charge >= 0.3 is 5.97 Å². The molecule has 2 rings (SSSR count). The van der Waals surface area contributed by atoms with Crippen LogP contribution in [0.1, 0.15) is 22.5 Å². The molecule has 2 heterocycles. The number of carbonyl (C=O) groups excluding carboxylic acids is 1. The normalized spacial score (nSPS) is 16.6. The molecule has 0 amide bonds. The molecule has 1 fully saturated rings. The lowest BCUT2D eigenvalue weighted by atomic mass is 10.0. The fourth-order valence-electron chi connectivity index (χ4n) is 1.67. The molecule has 0 spiro atoms. The first-order chi connectivity index (χ1) is 8.70. The molecule has 0 saturated carbocycles. The average molecular weight is 292 g/mol. The topological polar surface area (TPSA) is 57.7 Å². The van der Waals surface area contributed by atoms with Crippen molar-refractivity contribution in [2.75, 3.05) is 26.9 Å². The summed E-state index contributed by atoms with van der Waals surface area (Å²) in [6.07, 6.45) is 1.98. The first-order valence-electron chi connectivity index (χ1n) is 5.66. The van der Waals surface area contributed by atoms with Gasteiger partial charge in [0.2, 0.25) is 0 Å². The molecule has 1 aliphatic heterocycles. The molecule has 1 aromatic heterocycles. The maximum Gasteiger partial charge on any atom is 0.351 e. The number of halogens is 1. The van der Waals surface area contributed by atoms with Crippen LogP contribution >= 0.6 is 22.9 Å². The number of hydrogen-bond acceptors (Lipinski definition) is 6. The Balaban J connectivity index is 1.91. The first kappa shape index (κ1) is 13.6. The van der Waals surface area contributed by atoms with E-state index in [2.05, 4.69) is 9.72 Å². The van der Waals surface area contributed by atoms with Gasteiger partial charge in [-0.1, -0.05) is 22.9 Å². The zero-order valence-electron chi connectivity index (χ0n) is 9.98. The third-order valence-corrected chi connectivity index (χ3v) is 4.05. The van der Waals surface area contributed by atoms with Crippen LogP contribution in [-0.4, -0.2) is 37.9 Å². The number of rotatable bonds is 4. The summed E-state index contributed by atoms with van der Waals surface area (Å²) in [5.41, 5.74) is 0. The van der Waals surface area contributed by atoms with Gasteiger partial charge in [0.05, 0.1) is 13.7 Å². The highest BCUT2D eigenvalue weighted by atomic mass is 35.5. The standard InChI is InChI=1S/C11H14ClNO4S/c1-15-10(14)8-9(12)13-11(18-8)17-6-7-2-4-16-5-3-7/h7H,2-6H2,1H3. The molecule has 5 nitrogen and oxygen atoms in total. The smallest absolute Gasteiger partial charge is 0.351 e. The summed E-state index contributed by atoms with van der Waals surface area (Å²) in [6, 6.07) is 0. The van der Waals surface area contributed by atoms with E-state index in [-0.39, 0.29) is 10.0 Å². The zero-order chi connectivity index (χ0) is 13.0. The van der Waals surface area contributed by atoms with Crippen LogP contribution in [-0.2, 0) is 9.47 Å². The van der Waals surface area contributed by atoms with Crippen molar-refractivity contribution in [2.45, 2.75) is 12.8 Å². The quantitative estimate of drug-likeness (QED) is 0.797. The number of carbonyl (C=O) groups is 1. The fraction of sp³-hybridized carbons (Fsp3) is 0.636. The van der Waals surface area contributed by atoms with Crippen LogP contribution in [0.5, 0.6) is 5.19 Å². The van der Waals surface area contributed by atoms with Gasteiger partial charge in [0, 0.05) is 13.2 Å². The van der Waals surface area contributed by atoms with Crippen LogP contribution in [0.3, 0.4) is 0 Å². The van der Waals surface area contributed by atoms with Crippen LogP contribution in [0.25, 0.3) is 0 Å². The lowest BCUT2D eigenvalue weighted by molar-refractivity contribution is 0.0497. The minimum absolute atomic E-state index is 0.133. The number of nitrogens with zero attached hydrogens (tertiary/aromatic N) is 1. The third kappa shape index (κ3) is 3.34. The Hall–Kier alpha value is -0.850. The minimum atomic E-state index is -0.488. The maximum atomic E-state index is 11.3. The van der Waals surface area contributed by atoms with Crippen LogP contribution in [0.4, 0.5) is 0 Å². The van der Waals surface area contributed by atoms with Crippen molar-refractivity contribution in [3.63, 3.8) is 0 Å². The van der Waals surface area contributed by atoms with Gasteiger partial charge in [-0.25, -0.2) is 4.79 Å². The second-order valence-corrected chi connectivity index (χ2v) is 5.28. The molecule has 18 heavy (non-hydrogen) atoms. The van der Waals surface area contributed by atoms with E-state index in [0.29, 0.717) is 17.7 Å². The highest BCUT2D eigenvalue weighted by Gasteiger charge is 2.20. The Morgan fingerprint density at radius 2 is 2.28 bits per heavy atom. The highest BCUT2D eigenvalue weighted by Crippen LogP contribution is 2.30. The van der Waals surface area contributed by atoms with E-state index >= 15 is 0 Å². The number of aromatic nitrogens is 1. The molecule has 0 N–H and O–H groups in total. The predicted molar refractivity (Wildman–Crippen MR) is 67.5 cm³/mol. The molecule has 1 aromatic rings. The van der Waals surface area contributed by atoms with E-state index in [0.717, 1.165) is 37.4 Å². The Morgan fingerprint density at radius 3 is 2.94 bits per heavy atom. The van der Waals surface area contributed by atoms with Crippen molar-refractivity contribution in [3.05, 3.63) is 10.0 Å². The van der Waals surface area contributed by atoms with Gasteiger partial charge in [0.15, 0.2) is 10.0 Å². The SMILES string of the molecule is COC(=O)c1sc(OCC2CCOCC2)nc1Cl. The molecular formula is C11H14ClNO4S. The van der Waals surface area contributed by atoms with Gasteiger partial charge in [-0.15, -0.1) is 0 Å². The van der Waals surface area contributed by atoms with Crippen LogP contribution in [0, 0.1) is 5.92 Å². The Morgan fingerprint density at radius 1 is 1.56 bits per heavy atom. The number of hydrogen-bond donors (Lipinski definition) is 0. The number of thiazole rings is 1. The van der Waals surface area contributed by atoms with E-state index in [4.69, 9.17) is 21.1 Å². The summed E-state index contributed by atoms with van der Waals surface area (Å²) < 4.78 is 15.4. The second-order valence-electron chi connectivity index (χ2n) is 3.96. The molecule has 0 unspecified atom stereocenters. The van der Waals surface area contributed by atoms with E-state index in [1.807, 2.05) is 0 Å². The lowest BCUT2D eigenvalue weighted by Crippen LogP contribution is -2.21. The van der Waals surface area contributed by atoms with Crippen molar-refractivity contribution < 1.29 is 19.0 Å². The van der Waals surface area contributed by atoms with Gasteiger partial charge in [-0.3, -0.25) is 0 Å². The molecule has 0 aromatic carbocycles. The Bertz CT molecular complexity index is 417. The predicted octanol–water partition coefficient (Wildman–Crippen LogP) is 2.39. The molecule has 0 atom stereocenters. The molecule has 1 saturated heterocycles. The van der Waals surface area contributed by atoms with Crippen LogP contribution < -0.4 is 4.74 Å². The van der Waals surface area contributed by atoms with Gasteiger partial charge in [0.25, 0.3) is 5.19 Å². The summed E-state index contributed by atoms with van der Waals surface area (Å²) in [7, 11) is 1.31. The number of methoxy groups -OCH3 is 1. The van der Waals surface area contributed by atoms with Crippen molar-refractivity contribution in [1.29, 1.82) is 0 Å². The van der Waals surface area contributed by atoms with E-state index in [1.165, 1.54) is 7.11 Å². The molecular weight excluding hydrogens is 278 g/mol. The van der Waals surface area contributed by atoms with Crippen molar-refractivity contribution in [2.24, 2.45) is 5.92 Å². The van der Waals surface area contributed by atoms with Gasteiger partial charge in [-0.2, -0.15) is 4.98 Å². The zero-order valence-corrected chi connectivity index (χ0v) is 11.6. The fourth-order valence-corrected chi connectivity index (χ4v) is 2.72. The van der Waals surface area contributed by atoms with Gasteiger partial charge in [-0.05, 0) is 18.8 Å². The largest absolute Gasteiger partial charge is 0.470 e. The summed E-state index contributed by atoms with van der Waals surface area (Å²) in [5.74, 6) is -0.0126. The van der Waals surface area contributed by atoms with E-state index < -0.39 is 5.97 Å². The monoisotopic (exact) mass is 291 g/mol. The molecule has 1 aliphatic rings. The Kier molecular flexibility index (Phi) is 4.79. The third-order valence-electron chi connectivity index (χ3n) is 2.72. The van der Waals surface area contributed by atoms with Crippen molar-refractivity contribution in [3.8, 4) is 5.19 Å². The molecule has 0 bridgehead atoms. The van der Waals surface area contributed by atoms with Crippen molar-refractivity contribution in [1.82, 2.24) is 4.98 Å². The van der Waals surface area contributed by atoms with Gasteiger partial charge in [0.1, 0.15) is 0 Å². The lowest BCUT2D eigenvalue weighted by Gasteiger charge is -2.21. The van der Waals surface area contributed by atoms with Gasteiger partial charge < -0.3 is 14.2 Å². The highest BCUT2D eigenvalue weighted by molar-refractivity contribution is 7.15. The van der Waals surface area contributed by atoms with Crippen molar-refractivity contribution >= 4 is 28.9 Å². The molecule has 100 valence electrons. The minimum Gasteiger partial charge on any atom is -0.470 e. The maximum absolute atomic E-state index is 11.3. The number of esters is 1. The second kappa shape index (κ2) is 6.36. The average Bonchev–Trinajstić information content (AvgIpc) is 2.78. The summed E-state index contributed by atoms with van der Waals surface area (Å²) in [4.78, 5) is 15.6. The Labute approximate surface area is 114 Å². The summed E-state index contributed by atoms with van der Waals surface area (Å²) >= 11 is 6.95. The number of ether oxygens (including phenoxy) is 3. The van der Waals surface area contributed by atoms with Crippen LogP contribution in [0.15, 0.2) is 0 Å². The summed E-state index contributed by atoms with van der Waals surface area (Å²) in [6.45, 7) is 2.13. The molecule has 0 aliphatic carbocycles. The molecule has 7 heteroatoms. The van der Waals surface area contributed by atoms with E-state index in [9.17, 15) is 4.79 Å². The molecule has 0 radical (unpaired) electrons. The van der Waals surface area contributed by atoms with E-state index in [1.54, 1.807) is 0 Å². The summed E-state index contributed by atoms with van der Waals surface area (Å²) in [5, 5.41) is 0.542.